The van der Waals surface area contributed by atoms with E-state index in [1.54, 1.807) is 14.2 Å². The van der Waals surface area contributed by atoms with Crippen molar-refractivity contribution in [3.05, 3.63) is 23.8 Å². The van der Waals surface area contributed by atoms with Crippen molar-refractivity contribution in [3.8, 4) is 11.5 Å². The summed E-state index contributed by atoms with van der Waals surface area (Å²) in [5, 5.41) is 3.38. The van der Waals surface area contributed by atoms with E-state index in [9.17, 15) is 0 Å². The van der Waals surface area contributed by atoms with Gasteiger partial charge < -0.3 is 14.8 Å². The first-order valence-corrected chi connectivity index (χ1v) is 6.42. The molecular formula is C14H22N2O2. The van der Waals surface area contributed by atoms with Crippen molar-refractivity contribution >= 4 is 0 Å². The summed E-state index contributed by atoms with van der Waals surface area (Å²) in [6.45, 7) is 6.53. The number of hydrogen-bond acceptors (Lipinski definition) is 4. The van der Waals surface area contributed by atoms with Gasteiger partial charge in [0.15, 0.2) is 0 Å². The van der Waals surface area contributed by atoms with Gasteiger partial charge in [0.2, 0.25) is 0 Å². The monoisotopic (exact) mass is 250 g/mol. The lowest BCUT2D eigenvalue weighted by Crippen LogP contribution is -2.44. The molecule has 1 heterocycles. The van der Waals surface area contributed by atoms with Crippen LogP contribution in [0.15, 0.2) is 18.2 Å². The molecule has 0 spiro atoms. The number of piperazine rings is 1. The van der Waals surface area contributed by atoms with E-state index < -0.39 is 0 Å². The maximum atomic E-state index is 5.32. The minimum absolute atomic E-state index is 0.385. The quantitative estimate of drug-likeness (QED) is 0.881. The van der Waals surface area contributed by atoms with E-state index in [2.05, 4.69) is 29.3 Å². The molecule has 4 heteroatoms. The fourth-order valence-corrected chi connectivity index (χ4v) is 2.35. The van der Waals surface area contributed by atoms with Crippen LogP contribution in [0.25, 0.3) is 0 Å². The number of benzene rings is 1. The van der Waals surface area contributed by atoms with Crippen LogP contribution in [0, 0.1) is 0 Å². The molecule has 0 bridgehead atoms. The van der Waals surface area contributed by atoms with Crippen LogP contribution in [0.2, 0.25) is 0 Å². The van der Waals surface area contributed by atoms with E-state index in [1.807, 2.05) is 6.07 Å². The summed E-state index contributed by atoms with van der Waals surface area (Å²) in [6.07, 6.45) is 0. The lowest BCUT2D eigenvalue weighted by atomic mass is 10.1. The van der Waals surface area contributed by atoms with Gasteiger partial charge in [-0.25, -0.2) is 0 Å². The summed E-state index contributed by atoms with van der Waals surface area (Å²) in [7, 11) is 3.38. The number of nitrogens with zero attached hydrogens (tertiary/aromatic N) is 1. The van der Waals surface area contributed by atoms with Crippen LogP contribution in [0.4, 0.5) is 0 Å². The van der Waals surface area contributed by atoms with Crippen LogP contribution < -0.4 is 14.8 Å². The summed E-state index contributed by atoms with van der Waals surface area (Å²) in [4.78, 5) is 2.48. The van der Waals surface area contributed by atoms with E-state index >= 15 is 0 Å². The van der Waals surface area contributed by atoms with Gasteiger partial charge in [0, 0.05) is 38.3 Å². The third-order valence-electron chi connectivity index (χ3n) is 3.56. The molecular weight excluding hydrogens is 228 g/mol. The molecule has 0 amide bonds. The normalized spacial score (nSPS) is 18.4. The van der Waals surface area contributed by atoms with Crippen LogP contribution >= 0.6 is 0 Å². The van der Waals surface area contributed by atoms with Crippen LogP contribution in [0.3, 0.4) is 0 Å². The minimum atomic E-state index is 0.385. The number of nitrogens with one attached hydrogen (secondary N) is 1. The van der Waals surface area contributed by atoms with Gasteiger partial charge in [-0.3, -0.25) is 4.90 Å². The van der Waals surface area contributed by atoms with Crippen molar-refractivity contribution in [3.63, 3.8) is 0 Å². The predicted molar refractivity (Wildman–Crippen MR) is 72.4 cm³/mol. The zero-order chi connectivity index (χ0) is 13.0. The molecule has 1 aromatic carbocycles. The lowest BCUT2D eigenvalue weighted by molar-refractivity contribution is 0.185. The minimum Gasteiger partial charge on any atom is -0.497 e. The highest BCUT2D eigenvalue weighted by molar-refractivity contribution is 5.39. The van der Waals surface area contributed by atoms with Gasteiger partial charge in [0.25, 0.3) is 0 Å². The molecule has 4 nitrogen and oxygen atoms in total. The second-order valence-corrected chi connectivity index (χ2v) is 4.61. The highest BCUT2D eigenvalue weighted by atomic mass is 16.5. The fourth-order valence-electron chi connectivity index (χ4n) is 2.35. The lowest BCUT2D eigenvalue weighted by Gasteiger charge is -2.33. The van der Waals surface area contributed by atoms with E-state index in [4.69, 9.17) is 9.47 Å². The largest absolute Gasteiger partial charge is 0.497 e. The van der Waals surface area contributed by atoms with Gasteiger partial charge in [-0.1, -0.05) is 0 Å². The smallest absolute Gasteiger partial charge is 0.122 e. The van der Waals surface area contributed by atoms with Crippen molar-refractivity contribution in [2.75, 3.05) is 40.4 Å². The molecule has 18 heavy (non-hydrogen) atoms. The van der Waals surface area contributed by atoms with Crippen LogP contribution in [0.1, 0.15) is 18.5 Å². The molecule has 0 aliphatic carbocycles. The number of methoxy groups -OCH3 is 2. The summed E-state index contributed by atoms with van der Waals surface area (Å²) in [6, 6.07) is 6.48. The Morgan fingerprint density at radius 3 is 2.11 bits per heavy atom. The van der Waals surface area contributed by atoms with Gasteiger partial charge >= 0.3 is 0 Å². The van der Waals surface area contributed by atoms with Crippen molar-refractivity contribution in [2.24, 2.45) is 0 Å². The molecule has 1 fully saturated rings. The molecule has 2 rings (SSSR count). The molecule has 1 atom stereocenters. The van der Waals surface area contributed by atoms with Crippen molar-refractivity contribution < 1.29 is 9.47 Å². The average Bonchev–Trinajstić information content (AvgIpc) is 2.46. The Morgan fingerprint density at radius 1 is 1.06 bits per heavy atom. The predicted octanol–water partition coefficient (Wildman–Crippen LogP) is 1.67. The highest BCUT2D eigenvalue weighted by Crippen LogP contribution is 2.29. The van der Waals surface area contributed by atoms with E-state index in [1.165, 1.54) is 5.56 Å². The molecule has 1 aliphatic rings. The second-order valence-electron chi connectivity index (χ2n) is 4.61. The Kier molecular flexibility index (Phi) is 4.44. The zero-order valence-electron chi connectivity index (χ0n) is 11.4. The van der Waals surface area contributed by atoms with E-state index in [0.29, 0.717) is 6.04 Å². The van der Waals surface area contributed by atoms with Gasteiger partial charge in [0.05, 0.1) is 14.2 Å². The fraction of sp³-hybridized carbons (Fsp3) is 0.571. The first-order valence-electron chi connectivity index (χ1n) is 6.42. The first kappa shape index (κ1) is 13.2. The van der Waals surface area contributed by atoms with Gasteiger partial charge in [-0.2, -0.15) is 0 Å². The summed E-state index contributed by atoms with van der Waals surface area (Å²) >= 11 is 0. The van der Waals surface area contributed by atoms with Gasteiger partial charge in [-0.05, 0) is 24.6 Å². The molecule has 0 aromatic heterocycles. The third-order valence-corrected chi connectivity index (χ3v) is 3.56. The van der Waals surface area contributed by atoms with E-state index in [0.717, 1.165) is 37.7 Å². The summed E-state index contributed by atoms with van der Waals surface area (Å²) in [5.74, 6) is 1.71. The Bertz CT molecular complexity index is 367. The van der Waals surface area contributed by atoms with Crippen LogP contribution in [-0.4, -0.2) is 45.3 Å². The molecule has 1 saturated heterocycles. The zero-order valence-corrected chi connectivity index (χ0v) is 11.4. The van der Waals surface area contributed by atoms with Gasteiger partial charge in [0.1, 0.15) is 11.5 Å². The third kappa shape index (κ3) is 2.94. The SMILES string of the molecule is COc1cc(OC)cc([C@H](C)N2CCNCC2)c1. The second kappa shape index (κ2) is 6.07. The van der Waals surface area contributed by atoms with Crippen LogP contribution in [-0.2, 0) is 0 Å². The van der Waals surface area contributed by atoms with Crippen molar-refractivity contribution in [1.29, 1.82) is 0 Å². The Labute approximate surface area is 109 Å². The molecule has 1 N–H and O–H groups in total. The Morgan fingerprint density at radius 2 is 1.61 bits per heavy atom. The number of ether oxygens (including phenoxy) is 2. The maximum absolute atomic E-state index is 5.32. The molecule has 1 aliphatic heterocycles. The topological polar surface area (TPSA) is 33.7 Å². The standard InChI is InChI=1S/C14H22N2O2/c1-11(16-6-4-15-5-7-16)12-8-13(17-2)10-14(9-12)18-3/h8-11,15H,4-7H2,1-3H3/t11-/m0/s1. The molecule has 100 valence electrons. The van der Waals surface area contributed by atoms with Crippen LogP contribution in [0.5, 0.6) is 11.5 Å². The maximum Gasteiger partial charge on any atom is 0.122 e. The Balaban J connectivity index is 2.19. The van der Waals surface area contributed by atoms with Crippen molar-refractivity contribution in [2.45, 2.75) is 13.0 Å². The average molecular weight is 250 g/mol. The van der Waals surface area contributed by atoms with Crippen molar-refractivity contribution in [1.82, 2.24) is 10.2 Å². The highest BCUT2D eigenvalue weighted by Gasteiger charge is 2.19. The molecule has 0 unspecified atom stereocenters. The molecule has 1 aromatic rings. The first-order chi connectivity index (χ1) is 8.74. The summed E-state index contributed by atoms with van der Waals surface area (Å²) < 4.78 is 10.6. The van der Waals surface area contributed by atoms with E-state index in [-0.39, 0.29) is 0 Å². The van der Waals surface area contributed by atoms with Gasteiger partial charge in [-0.15, -0.1) is 0 Å². The number of rotatable bonds is 4. The molecule has 0 saturated carbocycles. The Hall–Kier alpha value is -1.26. The molecule has 0 radical (unpaired) electrons. The number of hydrogen-bond donors (Lipinski definition) is 1. The summed E-state index contributed by atoms with van der Waals surface area (Å²) in [5.41, 5.74) is 1.24.